The lowest BCUT2D eigenvalue weighted by Gasteiger charge is -2.28. The summed E-state index contributed by atoms with van der Waals surface area (Å²) in [4.78, 5) is 24.4. The van der Waals surface area contributed by atoms with Crippen LogP contribution in [0.4, 0.5) is 4.79 Å². The molecule has 5 nitrogen and oxygen atoms in total. The molecule has 0 radical (unpaired) electrons. The van der Waals surface area contributed by atoms with Gasteiger partial charge in [-0.3, -0.25) is 4.79 Å². The molecule has 0 heterocycles. The van der Waals surface area contributed by atoms with Crippen LogP contribution in [0.25, 0.3) is 0 Å². The molecule has 0 bridgehead atoms. The Balaban J connectivity index is 1.89. The summed E-state index contributed by atoms with van der Waals surface area (Å²) in [6.45, 7) is 2.63. The van der Waals surface area contributed by atoms with Gasteiger partial charge in [-0.2, -0.15) is 0 Å². The molecule has 0 saturated carbocycles. The second-order valence-electron chi connectivity index (χ2n) is 5.38. The Morgan fingerprint density at radius 1 is 1.33 bits per heavy atom. The van der Waals surface area contributed by atoms with E-state index in [1.54, 1.807) is 4.90 Å². The van der Waals surface area contributed by atoms with Crippen molar-refractivity contribution in [2.45, 2.75) is 38.6 Å². The lowest BCUT2D eigenvalue weighted by Crippen LogP contribution is -2.47. The Labute approximate surface area is 125 Å². The van der Waals surface area contributed by atoms with Crippen molar-refractivity contribution < 1.29 is 14.7 Å². The maximum absolute atomic E-state index is 12.2. The lowest BCUT2D eigenvalue weighted by atomic mass is 9.88. The van der Waals surface area contributed by atoms with Crippen molar-refractivity contribution in [3.63, 3.8) is 0 Å². The van der Waals surface area contributed by atoms with Crippen molar-refractivity contribution in [2.24, 2.45) is 0 Å². The van der Waals surface area contributed by atoms with Gasteiger partial charge in [-0.25, -0.2) is 4.79 Å². The first-order valence-electron chi connectivity index (χ1n) is 7.44. The molecule has 1 atom stereocenters. The van der Waals surface area contributed by atoms with Crippen LogP contribution in [0.5, 0.6) is 0 Å². The molecule has 1 aromatic rings. The predicted molar refractivity (Wildman–Crippen MR) is 80.3 cm³/mol. The molecule has 0 saturated heterocycles. The van der Waals surface area contributed by atoms with E-state index in [9.17, 15) is 9.59 Å². The quantitative estimate of drug-likeness (QED) is 0.872. The van der Waals surface area contributed by atoms with Crippen LogP contribution >= 0.6 is 0 Å². The number of carbonyl (C=O) groups is 2. The molecule has 2 amide bonds. The molecule has 1 unspecified atom stereocenters. The van der Waals surface area contributed by atoms with Crippen molar-refractivity contribution in [3.8, 4) is 0 Å². The van der Waals surface area contributed by atoms with E-state index in [2.05, 4.69) is 17.4 Å². The van der Waals surface area contributed by atoms with Crippen LogP contribution < -0.4 is 5.32 Å². The van der Waals surface area contributed by atoms with Crippen molar-refractivity contribution >= 4 is 12.0 Å². The van der Waals surface area contributed by atoms with Crippen LogP contribution in [0.3, 0.4) is 0 Å². The molecule has 0 fully saturated rings. The molecule has 1 aliphatic carbocycles. The summed E-state index contributed by atoms with van der Waals surface area (Å²) in [5.74, 6) is -0.882. The Morgan fingerprint density at radius 2 is 2.05 bits per heavy atom. The van der Waals surface area contributed by atoms with E-state index in [0.29, 0.717) is 6.54 Å². The van der Waals surface area contributed by atoms with Gasteiger partial charge in [-0.05, 0) is 37.3 Å². The van der Waals surface area contributed by atoms with Crippen LogP contribution in [0.1, 0.15) is 30.9 Å². The first-order valence-corrected chi connectivity index (χ1v) is 7.44. The molecular weight excluding hydrogens is 268 g/mol. The number of fused-ring (bicyclic) bond motifs is 1. The van der Waals surface area contributed by atoms with E-state index >= 15 is 0 Å². The van der Waals surface area contributed by atoms with Crippen LogP contribution in [0.2, 0.25) is 0 Å². The Hall–Kier alpha value is -2.04. The van der Waals surface area contributed by atoms with E-state index in [1.165, 1.54) is 11.1 Å². The maximum Gasteiger partial charge on any atom is 0.317 e. The highest BCUT2D eigenvalue weighted by Crippen LogP contribution is 2.21. The number of nitrogens with one attached hydrogen (secondary N) is 1. The standard InChI is InChI=1S/C16H22N2O3/c1-2-18(10-9-15(19)20)16(21)17-14-8-7-12-5-3-4-6-13(12)11-14/h3-6,14H,2,7-11H2,1H3,(H,17,21)(H,19,20). The Morgan fingerprint density at radius 3 is 2.71 bits per heavy atom. The Kier molecular flexibility index (Phi) is 5.20. The van der Waals surface area contributed by atoms with Crippen molar-refractivity contribution in [3.05, 3.63) is 35.4 Å². The van der Waals surface area contributed by atoms with Gasteiger partial charge in [-0.1, -0.05) is 24.3 Å². The van der Waals surface area contributed by atoms with E-state index < -0.39 is 5.97 Å². The van der Waals surface area contributed by atoms with E-state index in [4.69, 9.17) is 5.11 Å². The fraction of sp³-hybridized carbons (Fsp3) is 0.500. The molecule has 0 aliphatic heterocycles. The molecule has 0 aromatic heterocycles. The largest absolute Gasteiger partial charge is 0.481 e. The minimum absolute atomic E-state index is 0.0191. The molecule has 1 aromatic carbocycles. The van der Waals surface area contributed by atoms with Crippen LogP contribution in [-0.4, -0.2) is 41.1 Å². The third-order valence-electron chi connectivity index (χ3n) is 3.94. The zero-order chi connectivity index (χ0) is 15.2. The zero-order valence-corrected chi connectivity index (χ0v) is 12.3. The molecular formula is C16H22N2O3. The third kappa shape index (κ3) is 4.21. The highest BCUT2D eigenvalue weighted by Gasteiger charge is 2.22. The smallest absolute Gasteiger partial charge is 0.317 e. The van der Waals surface area contributed by atoms with Crippen LogP contribution in [0, 0.1) is 0 Å². The van der Waals surface area contributed by atoms with Gasteiger partial charge >= 0.3 is 12.0 Å². The fourth-order valence-electron chi connectivity index (χ4n) is 2.72. The van der Waals surface area contributed by atoms with Gasteiger partial charge in [0.2, 0.25) is 0 Å². The normalized spacial score (nSPS) is 16.9. The van der Waals surface area contributed by atoms with E-state index in [0.717, 1.165) is 19.3 Å². The summed E-state index contributed by atoms with van der Waals surface area (Å²) in [7, 11) is 0. The summed E-state index contributed by atoms with van der Waals surface area (Å²) in [5, 5.41) is 11.7. The number of amides is 2. The molecule has 2 N–H and O–H groups in total. The first kappa shape index (κ1) is 15.4. The summed E-state index contributed by atoms with van der Waals surface area (Å²) in [6.07, 6.45) is 2.73. The average molecular weight is 290 g/mol. The topological polar surface area (TPSA) is 69.6 Å². The SMILES string of the molecule is CCN(CCC(=O)O)C(=O)NC1CCc2ccccc2C1. The summed E-state index contributed by atoms with van der Waals surface area (Å²) >= 11 is 0. The molecule has 2 rings (SSSR count). The number of hydrogen-bond donors (Lipinski definition) is 2. The van der Waals surface area contributed by atoms with Gasteiger partial charge in [0, 0.05) is 19.1 Å². The first-order chi connectivity index (χ1) is 10.1. The summed E-state index contributed by atoms with van der Waals surface area (Å²) in [5.41, 5.74) is 2.66. The Bertz CT molecular complexity index is 516. The summed E-state index contributed by atoms with van der Waals surface area (Å²) < 4.78 is 0. The molecule has 1 aliphatic rings. The predicted octanol–water partition coefficient (Wildman–Crippen LogP) is 2.05. The number of nitrogens with zero attached hydrogens (tertiary/aromatic N) is 1. The number of aryl methyl sites for hydroxylation is 1. The molecule has 21 heavy (non-hydrogen) atoms. The van der Waals surface area contributed by atoms with Gasteiger partial charge in [0.25, 0.3) is 0 Å². The fourth-order valence-corrected chi connectivity index (χ4v) is 2.72. The lowest BCUT2D eigenvalue weighted by molar-refractivity contribution is -0.137. The van der Waals surface area contributed by atoms with Gasteiger partial charge in [0.15, 0.2) is 0 Å². The number of carboxylic acids is 1. The summed E-state index contributed by atoms with van der Waals surface area (Å²) in [6, 6.07) is 8.28. The number of benzene rings is 1. The number of carboxylic acid groups (broad SMARTS) is 1. The highest BCUT2D eigenvalue weighted by molar-refractivity contribution is 5.75. The van der Waals surface area contributed by atoms with Crippen LogP contribution in [0.15, 0.2) is 24.3 Å². The van der Waals surface area contributed by atoms with Crippen molar-refractivity contribution in [2.75, 3.05) is 13.1 Å². The average Bonchev–Trinajstić information content (AvgIpc) is 2.47. The zero-order valence-electron chi connectivity index (χ0n) is 12.3. The molecule has 5 heteroatoms. The molecule has 0 spiro atoms. The number of hydrogen-bond acceptors (Lipinski definition) is 2. The molecule has 114 valence electrons. The maximum atomic E-state index is 12.2. The number of aliphatic carboxylic acids is 1. The number of rotatable bonds is 5. The van der Waals surface area contributed by atoms with Crippen LogP contribution in [-0.2, 0) is 17.6 Å². The second-order valence-corrected chi connectivity index (χ2v) is 5.38. The highest BCUT2D eigenvalue weighted by atomic mass is 16.4. The van der Waals surface area contributed by atoms with Gasteiger partial charge < -0.3 is 15.3 Å². The minimum atomic E-state index is -0.882. The van der Waals surface area contributed by atoms with Crippen molar-refractivity contribution in [1.29, 1.82) is 0 Å². The monoisotopic (exact) mass is 290 g/mol. The van der Waals surface area contributed by atoms with E-state index in [-0.39, 0.29) is 25.0 Å². The van der Waals surface area contributed by atoms with Gasteiger partial charge in [-0.15, -0.1) is 0 Å². The number of carbonyl (C=O) groups excluding carboxylic acids is 1. The second kappa shape index (κ2) is 7.11. The van der Waals surface area contributed by atoms with Gasteiger partial charge in [0.1, 0.15) is 0 Å². The number of urea groups is 1. The minimum Gasteiger partial charge on any atom is -0.481 e. The third-order valence-corrected chi connectivity index (χ3v) is 3.94. The van der Waals surface area contributed by atoms with Crippen molar-refractivity contribution in [1.82, 2.24) is 10.2 Å². The van der Waals surface area contributed by atoms with Gasteiger partial charge in [0.05, 0.1) is 6.42 Å². The van der Waals surface area contributed by atoms with E-state index in [1.807, 2.05) is 19.1 Å².